The quantitative estimate of drug-likeness (QED) is 0.397. The summed E-state index contributed by atoms with van der Waals surface area (Å²) in [5.41, 5.74) is 5.96. The lowest BCUT2D eigenvalue weighted by molar-refractivity contribution is 0.0953. The molecule has 0 bridgehead atoms. The van der Waals surface area contributed by atoms with Crippen molar-refractivity contribution in [3.63, 3.8) is 0 Å². The van der Waals surface area contributed by atoms with Crippen molar-refractivity contribution in [3.05, 3.63) is 66.4 Å². The molecule has 0 atom stereocenters. The number of allylic oxidation sites excluding steroid dienone is 1. The molecule has 0 saturated heterocycles. The maximum Gasteiger partial charge on any atom is 0.251 e. The van der Waals surface area contributed by atoms with Crippen molar-refractivity contribution in [2.45, 2.75) is 20.3 Å². The van der Waals surface area contributed by atoms with Crippen molar-refractivity contribution in [3.8, 4) is 11.3 Å². The number of imidazole rings is 1. The van der Waals surface area contributed by atoms with Crippen molar-refractivity contribution in [1.29, 1.82) is 0 Å². The highest BCUT2D eigenvalue weighted by atomic mass is 32.1. The lowest BCUT2D eigenvalue weighted by Crippen LogP contribution is -2.27. The van der Waals surface area contributed by atoms with Crippen molar-refractivity contribution in [1.82, 2.24) is 20.0 Å². The van der Waals surface area contributed by atoms with Crippen molar-refractivity contribution >= 4 is 38.0 Å². The topological polar surface area (TPSA) is 58.4 Å². The Morgan fingerprint density at radius 2 is 1.90 bits per heavy atom. The van der Waals surface area contributed by atoms with Crippen molar-refractivity contribution in [2.75, 3.05) is 19.6 Å². The number of carbonyl (C=O) groups excluding carboxylic acids is 1. The van der Waals surface area contributed by atoms with Crippen LogP contribution in [-0.4, -0.2) is 34.9 Å². The average molecular weight is 419 g/mol. The summed E-state index contributed by atoms with van der Waals surface area (Å²) in [6.45, 7) is 10.6. The third kappa shape index (κ3) is 4.15. The van der Waals surface area contributed by atoms with E-state index in [2.05, 4.69) is 59.0 Å². The fourth-order valence-corrected chi connectivity index (χ4v) is 4.45. The van der Waals surface area contributed by atoms with Crippen molar-refractivity contribution in [2.24, 2.45) is 0 Å². The molecule has 6 heteroatoms. The van der Waals surface area contributed by atoms with Crippen LogP contribution in [0.3, 0.4) is 0 Å². The Kier molecular flexibility index (Phi) is 5.97. The van der Waals surface area contributed by atoms with Crippen LogP contribution in [0.15, 0.2) is 55.2 Å². The van der Waals surface area contributed by atoms with Crippen LogP contribution in [0.4, 0.5) is 0 Å². The van der Waals surface area contributed by atoms with Gasteiger partial charge in [-0.05, 0) is 50.2 Å². The molecule has 0 spiro atoms. The van der Waals surface area contributed by atoms with E-state index in [1.807, 2.05) is 25.1 Å². The molecular weight excluding hydrogens is 392 g/mol. The smallest absolute Gasteiger partial charge is 0.251 e. The summed E-state index contributed by atoms with van der Waals surface area (Å²) in [6, 6.07) is 14.2. The second-order valence-corrected chi connectivity index (χ2v) is 8.39. The third-order valence-corrected chi connectivity index (χ3v) is 6.11. The molecule has 4 aromatic rings. The number of aromatic nitrogens is 2. The molecule has 30 heavy (non-hydrogen) atoms. The largest absolute Gasteiger partial charge is 0.352 e. The molecule has 0 fully saturated rings. The molecule has 0 aliphatic heterocycles. The van der Waals surface area contributed by atoms with E-state index < -0.39 is 0 Å². The van der Waals surface area contributed by atoms with Gasteiger partial charge in [-0.25, -0.2) is 4.98 Å². The molecule has 4 rings (SSSR count). The predicted octanol–water partition coefficient (Wildman–Crippen LogP) is 4.98. The van der Waals surface area contributed by atoms with Crippen LogP contribution >= 0.6 is 11.3 Å². The number of benzene rings is 2. The van der Waals surface area contributed by atoms with Gasteiger partial charge in [0.15, 0.2) is 4.96 Å². The second kappa shape index (κ2) is 8.81. The number of carbonyl (C=O) groups is 1. The summed E-state index contributed by atoms with van der Waals surface area (Å²) in [6.07, 6.45) is 2.98. The van der Waals surface area contributed by atoms with Gasteiger partial charge in [0.1, 0.15) is 0 Å². The van der Waals surface area contributed by atoms with Crippen LogP contribution in [0.5, 0.6) is 0 Å². The minimum absolute atomic E-state index is 0.0299. The summed E-state index contributed by atoms with van der Waals surface area (Å²) in [5.74, 6) is -0.0299. The number of rotatable bonds is 8. The molecule has 1 amide bonds. The number of nitrogens with one attached hydrogen (secondary N) is 2. The van der Waals surface area contributed by atoms with E-state index in [1.54, 1.807) is 11.3 Å². The van der Waals surface area contributed by atoms with E-state index in [0.717, 1.165) is 57.1 Å². The van der Waals surface area contributed by atoms with E-state index in [9.17, 15) is 4.79 Å². The Bertz CT molecular complexity index is 1200. The number of fused-ring (bicyclic) bond motifs is 3. The monoisotopic (exact) mass is 418 g/mol. The molecule has 0 aliphatic carbocycles. The van der Waals surface area contributed by atoms with E-state index in [0.29, 0.717) is 12.1 Å². The van der Waals surface area contributed by atoms with E-state index in [4.69, 9.17) is 4.98 Å². The molecule has 2 aromatic heterocycles. The molecule has 0 unspecified atom stereocenters. The number of nitrogens with zero attached hydrogens (tertiary/aromatic N) is 2. The molecule has 5 nitrogen and oxygen atoms in total. The van der Waals surface area contributed by atoms with Gasteiger partial charge in [0, 0.05) is 23.9 Å². The predicted molar refractivity (Wildman–Crippen MR) is 126 cm³/mol. The first-order valence-electron chi connectivity index (χ1n) is 10.2. The third-order valence-electron chi connectivity index (χ3n) is 5.10. The SMILES string of the molecule is C=C(C)c1ccc(-c2cn3c(n2)sc2cc(C(=O)NCCCNCC)ccc23)cc1. The van der Waals surface area contributed by atoms with E-state index in [1.165, 1.54) is 0 Å². The number of thiazole rings is 1. The first kappa shape index (κ1) is 20.3. The molecule has 2 aromatic carbocycles. The second-order valence-electron chi connectivity index (χ2n) is 7.38. The highest BCUT2D eigenvalue weighted by Crippen LogP contribution is 2.30. The van der Waals surface area contributed by atoms with Gasteiger partial charge in [-0.2, -0.15) is 0 Å². The highest BCUT2D eigenvalue weighted by Gasteiger charge is 2.13. The van der Waals surface area contributed by atoms with Gasteiger partial charge in [0.25, 0.3) is 5.91 Å². The molecule has 0 aliphatic rings. The maximum absolute atomic E-state index is 12.4. The van der Waals surface area contributed by atoms with Gasteiger partial charge < -0.3 is 10.6 Å². The lowest BCUT2D eigenvalue weighted by atomic mass is 10.1. The standard InChI is InChI=1S/C24H26N4OS/c1-4-25-12-5-13-26-23(29)19-10-11-21-22(14-19)30-24-27-20(15-28(21)24)18-8-6-17(7-9-18)16(2)3/h6-11,14-15,25H,2,4-5,12-13H2,1,3H3,(H,26,29). The summed E-state index contributed by atoms with van der Waals surface area (Å²) < 4.78 is 3.15. The van der Waals surface area contributed by atoms with Crippen LogP contribution in [0, 0.1) is 0 Å². The van der Waals surface area contributed by atoms with Gasteiger partial charge in [0.2, 0.25) is 0 Å². The van der Waals surface area contributed by atoms with E-state index in [-0.39, 0.29) is 5.91 Å². The average Bonchev–Trinajstić information content (AvgIpc) is 3.31. The fourth-order valence-electron chi connectivity index (χ4n) is 3.40. The Balaban J connectivity index is 1.53. The zero-order valence-electron chi connectivity index (χ0n) is 17.4. The van der Waals surface area contributed by atoms with Gasteiger partial charge in [0.05, 0.1) is 15.9 Å². The normalized spacial score (nSPS) is 11.3. The summed E-state index contributed by atoms with van der Waals surface area (Å²) >= 11 is 1.60. The zero-order chi connectivity index (χ0) is 21.1. The minimum atomic E-state index is -0.0299. The van der Waals surface area contributed by atoms with Crippen molar-refractivity contribution < 1.29 is 4.79 Å². The van der Waals surface area contributed by atoms with Crippen LogP contribution in [0.1, 0.15) is 36.2 Å². The number of hydrogen-bond donors (Lipinski definition) is 2. The zero-order valence-corrected chi connectivity index (χ0v) is 18.2. The van der Waals surface area contributed by atoms with E-state index >= 15 is 0 Å². The number of hydrogen-bond acceptors (Lipinski definition) is 4. The molecule has 154 valence electrons. The summed E-state index contributed by atoms with van der Waals surface area (Å²) in [7, 11) is 0. The summed E-state index contributed by atoms with van der Waals surface area (Å²) in [5, 5.41) is 6.25. The number of amides is 1. The van der Waals surface area contributed by atoms with Crippen LogP contribution in [0.2, 0.25) is 0 Å². The molecule has 2 heterocycles. The van der Waals surface area contributed by atoms with Gasteiger partial charge in [-0.15, -0.1) is 0 Å². The molecule has 0 saturated carbocycles. The molecule has 2 N–H and O–H groups in total. The first-order valence-corrected chi connectivity index (χ1v) is 11.1. The van der Waals surface area contributed by atoms with Gasteiger partial charge >= 0.3 is 0 Å². The fraction of sp³-hybridized carbons (Fsp3) is 0.250. The highest BCUT2D eigenvalue weighted by molar-refractivity contribution is 7.23. The molecular formula is C24H26N4OS. The minimum Gasteiger partial charge on any atom is -0.352 e. The Morgan fingerprint density at radius 3 is 2.63 bits per heavy atom. The van der Waals surface area contributed by atoms with Crippen LogP contribution in [-0.2, 0) is 0 Å². The van der Waals surface area contributed by atoms with Crippen LogP contribution < -0.4 is 10.6 Å². The van der Waals surface area contributed by atoms with Crippen LogP contribution in [0.25, 0.3) is 32.0 Å². The maximum atomic E-state index is 12.4. The van der Waals surface area contributed by atoms with Gasteiger partial charge in [-0.3, -0.25) is 9.20 Å². The first-order chi connectivity index (χ1) is 14.6. The lowest BCUT2D eigenvalue weighted by Gasteiger charge is -2.05. The Morgan fingerprint density at radius 1 is 1.13 bits per heavy atom. The summed E-state index contributed by atoms with van der Waals surface area (Å²) in [4.78, 5) is 18.2. The Labute approximate surface area is 180 Å². The molecule has 0 radical (unpaired) electrons. The Hall–Kier alpha value is -2.96. The van der Waals surface area contributed by atoms with Gasteiger partial charge in [-0.1, -0.05) is 54.7 Å².